The SMILES string of the molecule is C#Cc1cccc(Nc2ncnc3cc(O[C@@H]4CCOC4)c(CC(=O)/C=C/CN(C)C)cc23)c1. The Kier molecular flexibility index (Phi) is 7.53. The minimum absolute atomic E-state index is 0.00167. The Morgan fingerprint density at radius 1 is 1.32 bits per heavy atom. The third-order valence-electron chi connectivity index (χ3n) is 5.43. The predicted molar refractivity (Wildman–Crippen MR) is 133 cm³/mol. The van der Waals surface area contributed by atoms with Gasteiger partial charge in [0.2, 0.25) is 0 Å². The zero-order valence-corrected chi connectivity index (χ0v) is 19.5. The summed E-state index contributed by atoms with van der Waals surface area (Å²) in [4.78, 5) is 23.6. The quantitative estimate of drug-likeness (QED) is 0.388. The number of fused-ring (bicyclic) bond motifs is 1. The molecule has 1 N–H and O–H groups in total. The first-order chi connectivity index (χ1) is 16.5. The minimum Gasteiger partial charge on any atom is -0.488 e. The van der Waals surface area contributed by atoms with Gasteiger partial charge in [-0.05, 0) is 44.4 Å². The molecule has 1 aromatic heterocycles. The Morgan fingerprint density at radius 2 is 2.21 bits per heavy atom. The lowest BCUT2D eigenvalue weighted by molar-refractivity contribution is -0.114. The summed E-state index contributed by atoms with van der Waals surface area (Å²) >= 11 is 0. The first-order valence-corrected chi connectivity index (χ1v) is 11.2. The summed E-state index contributed by atoms with van der Waals surface area (Å²) in [6.07, 6.45) is 11.5. The zero-order valence-electron chi connectivity index (χ0n) is 19.5. The average Bonchev–Trinajstić information content (AvgIpc) is 3.33. The van der Waals surface area contributed by atoms with E-state index in [1.54, 1.807) is 6.08 Å². The molecule has 1 saturated heterocycles. The normalized spacial score (nSPS) is 15.6. The van der Waals surface area contributed by atoms with Crippen molar-refractivity contribution in [2.45, 2.75) is 18.9 Å². The topological polar surface area (TPSA) is 76.6 Å². The van der Waals surface area contributed by atoms with Crippen LogP contribution in [0.1, 0.15) is 17.5 Å². The zero-order chi connectivity index (χ0) is 23.9. The van der Waals surface area contributed by atoms with Crippen LogP contribution in [-0.4, -0.2) is 60.6 Å². The molecule has 0 spiro atoms. The first kappa shape index (κ1) is 23.4. The van der Waals surface area contributed by atoms with Gasteiger partial charge >= 0.3 is 0 Å². The van der Waals surface area contributed by atoms with E-state index in [4.69, 9.17) is 15.9 Å². The van der Waals surface area contributed by atoms with Crippen molar-refractivity contribution >= 4 is 28.2 Å². The Balaban J connectivity index is 1.68. The van der Waals surface area contributed by atoms with Crippen LogP contribution in [0.3, 0.4) is 0 Å². The number of carbonyl (C=O) groups is 1. The Labute approximate surface area is 199 Å². The van der Waals surface area contributed by atoms with Crippen LogP contribution in [0.2, 0.25) is 0 Å². The first-order valence-electron chi connectivity index (χ1n) is 11.2. The molecule has 0 bridgehead atoms. The van der Waals surface area contributed by atoms with Crippen LogP contribution >= 0.6 is 0 Å². The molecule has 0 unspecified atom stereocenters. The van der Waals surface area contributed by atoms with Gasteiger partial charge in [0.25, 0.3) is 0 Å². The highest BCUT2D eigenvalue weighted by Crippen LogP contribution is 2.32. The van der Waals surface area contributed by atoms with Gasteiger partial charge in [-0.2, -0.15) is 0 Å². The molecular formula is C27H28N4O3. The van der Waals surface area contributed by atoms with E-state index in [0.29, 0.717) is 31.3 Å². The highest BCUT2D eigenvalue weighted by atomic mass is 16.5. The monoisotopic (exact) mass is 456 g/mol. The molecule has 0 aliphatic carbocycles. The van der Waals surface area contributed by atoms with Gasteiger partial charge in [-0.15, -0.1) is 6.42 Å². The number of hydrogen-bond donors (Lipinski definition) is 1. The summed E-state index contributed by atoms with van der Waals surface area (Å²) in [6.45, 7) is 1.91. The molecule has 34 heavy (non-hydrogen) atoms. The van der Waals surface area contributed by atoms with Crippen LogP contribution in [0.5, 0.6) is 5.75 Å². The summed E-state index contributed by atoms with van der Waals surface area (Å²) in [5.41, 5.74) is 3.10. The number of aromatic nitrogens is 2. The highest BCUT2D eigenvalue weighted by Gasteiger charge is 2.20. The van der Waals surface area contributed by atoms with E-state index in [1.807, 2.05) is 61.5 Å². The molecule has 0 radical (unpaired) electrons. The maximum absolute atomic E-state index is 12.7. The van der Waals surface area contributed by atoms with E-state index in [0.717, 1.165) is 34.1 Å². The maximum Gasteiger partial charge on any atom is 0.159 e. The lowest BCUT2D eigenvalue weighted by atomic mass is 10.0. The van der Waals surface area contributed by atoms with Crippen molar-refractivity contribution in [1.29, 1.82) is 0 Å². The fourth-order valence-electron chi connectivity index (χ4n) is 3.73. The molecule has 0 saturated carbocycles. The number of likely N-dealkylation sites (N-methyl/N-ethyl adjacent to an activating group) is 1. The van der Waals surface area contributed by atoms with Crippen LogP contribution in [-0.2, 0) is 16.0 Å². The Morgan fingerprint density at radius 3 is 2.97 bits per heavy atom. The van der Waals surface area contributed by atoms with Gasteiger partial charge < -0.3 is 19.7 Å². The van der Waals surface area contributed by atoms with Gasteiger partial charge in [0.05, 0.1) is 18.7 Å². The second-order valence-electron chi connectivity index (χ2n) is 8.46. The number of ketones is 1. The molecule has 1 fully saturated rings. The number of anilines is 2. The van der Waals surface area contributed by atoms with Crippen LogP contribution in [0.4, 0.5) is 11.5 Å². The lowest BCUT2D eigenvalue weighted by Gasteiger charge is -2.17. The molecule has 2 aromatic carbocycles. The summed E-state index contributed by atoms with van der Waals surface area (Å²) in [5.74, 6) is 3.92. The molecule has 7 nitrogen and oxygen atoms in total. The number of ether oxygens (including phenoxy) is 2. The van der Waals surface area contributed by atoms with Gasteiger partial charge in [-0.3, -0.25) is 4.79 Å². The maximum atomic E-state index is 12.7. The van der Waals surface area contributed by atoms with Crippen LogP contribution in [0.15, 0.2) is 54.9 Å². The third kappa shape index (κ3) is 5.98. The van der Waals surface area contributed by atoms with Crippen molar-refractivity contribution in [3.05, 3.63) is 66.0 Å². The fraction of sp³-hybridized carbons (Fsp3) is 0.296. The molecular weight excluding hydrogens is 428 g/mol. The number of carbonyl (C=O) groups excluding carboxylic acids is 1. The van der Waals surface area contributed by atoms with E-state index in [2.05, 4.69) is 21.2 Å². The van der Waals surface area contributed by atoms with Gasteiger partial charge in [0.1, 0.15) is 24.0 Å². The number of allylic oxidation sites excluding steroid dienone is 1. The van der Waals surface area contributed by atoms with Crippen molar-refractivity contribution in [2.75, 3.05) is 39.2 Å². The molecule has 3 aromatic rings. The predicted octanol–water partition coefficient (Wildman–Crippen LogP) is 3.75. The van der Waals surface area contributed by atoms with Crippen LogP contribution in [0, 0.1) is 12.3 Å². The van der Waals surface area contributed by atoms with E-state index in [1.165, 1.54) is 6.33 Å². The molecule has 2 heterocycles. The van der Waals surface area contributed by atoms with Crippen molar-refractivity contribution in [3.8, 4) is 18.1 Å². The second-order valence-corrected chi connectivity index (χ2v) is 8.46. The summed E-state index contributed by atoms with van der Waals surface area (Å²) in [6, 6.07) is 11.4. The van der Waals surface area contributed by atoms with Crippen molar-refractivity contribution in [2.24, 2.45) is 0 Å². The number of nitrogens with one attached hydrogen (secondary N) is 1. The summed E-state index contributed by atoms with van der Waals surface area (Å²) in [5, 5.41) is 4.12. The largest absolute Gasteiger partial charge is 0.488 e. The van der Waals surface area contributed by atoms with E-state index in [-0.39, 0.29) is 18.3 Å². The number of benzene rings is 2. The molecule has 7 heteroatoms. The van der Waals surface area contributed by atoms with Gasteiger partial charge in [-0.25, -0.2) is 9.97 Å². The van der Waals surface area contributed by atoms with E-state index in [9.17, 15) is 4.79 Å². The number of nitrogens with zero attached hydrogens (tertiary/aromatic N) is 3. The number of rotatable bonds is 9. The molecule has 4 rings (SSSR count). The molecule has 174 valence electrons. The summed E-state index contributed by atoms with van der Waals surface area (Å²) in [7, 11) is 3.92. The summed E-state index contributed by atoms with van der Waals surface area (Å²) < 4.78 is 11.7. The highest BCUT2D eigenvalue weighted by molar-refractivity contribution is 5.96. The van der Waals surface area contributed by atoms with Gasteiger partial charge in [-0.1, -0.05) is 18.1 Å². The Bertz CT molecular complexity index is 1240. The standard InChI is InChI=1S/C27H28N4O3/c1-4-19-7-5-8-21(13-19)30-27-24-15-20(14-22(32)9-6-11-31(2)3)26(16-25(24)28-18-29-27)34-23-10-12-33-17-23/h1,5-9,13,15-16,18,23H,10-12,14,17H2,2-3H3,(H,28,29,30)/b9-6+/t23-/m1/s1. The Hall–Kier alpha value is -3.73. The molecule has 1 aliphatic rings. The van der Waals surface area contributed by atoms with Crippen molar-refractivity contribution in [1.82, 2.24) is 14.9 Å². The number of terminal acetylenes is 1. The van der Waals surface area contributed by atoms with Crippen molar-refractivity contribution in [3.63, 3.8) is 0 Å². The smallest absolute Gasteiger partial charge is 0.159 e. The number of hydrogen-bond acceptors (Lipinski definition) is 7. The minimum atomic E-state index is -0.0403. The van der Waals surface area contributed by atoms with Crippen LogP contribution in [0.25, 0.3) is 10.9 Å². The fourth-order valence-corrected chi connectivity index (χ4v) is 3.73. The molecule has 0 amide bonds. The van der Waals surface area contributed by atoms with Crippen LogP contribution < -0.4 is 10.1 Å². The second kappa shape index (κ2) is 10.9. The van der Waals surface area contributed by atoms with Crippen molar-refractivity contribution < 1.29 is 14.3 Å². The third-order valence-corrected chi connectivity index (χ3v) is 5.43. The average molecular weight is 457 g/mol. The van der Waals surface area contributed by atoms with Gasteiger partial charge in [0, 0.05) is 47.7 Å². The molecule has 1 aliphatic heterocycles. The van der Waals surface area contributed by atoms with E-state index >= 15 is 0 Å². The van der Waals surface area contributed by atoms with Gasteiger partial charge in [0.15, 0.2) is 5.78 Å². The van der Waals surface area contributed by atoms with E-state index < -0.39 is 0 Å². The molecule has 1 atom stereocenters. The lowest BCUT2D eigenvalue weighted by Crippen LogP contribution is -2.17.